The standard InChI is InChI=1S/C25H24ClN3O3/c1-18-6-12-22(13-7-18)28-24(30)14-15-25(31)29-27-16-20-4-2-3-5-23(20)32-17-19-8-10-21(26)11-9-19/h2-13,16H,14-15,17H2,1H3,(H,28,30)(H,29,31). The van der Waals surface area contributed by atoms with Crippen molar-refractivity contribution in [2.45, 2.75) is 26.4 Å². The van der Waals surface area contributed by atoms with E-state index in [9.17, 15) is 9.59 Å². The van der Waals surface area contributed by atoms with E-state index in [0.29, 0.717) is 23.1 Å². The van der Waals surface area contributed by atoms with Crippen molar-refractivity contribution in [3.05, 3.63) is 94.5 Å². The number of nitrogens with one attached hydrogen (secondary N) is 2. The SMILES string of the molecule is Cc1ccc(NC(=O)CCC(=O)NN=Cc2ccccc2OCc2ccc(Cl)cc2)cc1. The summed E-state index contributed by atoms with van der Waals surface area (Å²) in [5, 5.41) is 7.42. The Balaban J connectivity index is 1.45. The summed E-state index contributed by atoms with van der Waals surface area (Å²) in [5.74, 6) is 0.0618. The van der Waals surface area contributed by atoms with Crippen LogP contribution in [0.25, 0.3) is 0 Å². The number of benzene rings is 3. The third kappa shape index (κ3) is 7.56. The second kappa shape index (κ2) is 11.7. The number of aryl methyl sites for hydroxylation is 1. The molecule has 32 heavy (non-hydrogen) atoms. The fraction of sp³-hybridized carbons (Fsp3) is 0.160. The first-order chi connectivity index (χ1) is 15.5. The molecule has 0 aliphatic carbocycles. The average Bonchev–Trinajstić information content (AvgIpc) is 2.80. The molecule has 0 unspecified atom stereocenters. The molecule has 0 radical (unpaired) electrons. The Morgan fingerprint density at radius 1 is 0.938 bits per heavy atom. The predicted molar refractivity (Wildman–Crippen MR) is 127 cm³/mol. The summed E-state index contributed by atoms with van der Waals surface area (Å²) in [6.45, 7) is 2.35. The molecule has 0 bridgehead atoms. The van der Waals surface area contributed by atoms with E-state index < -0.39 is 0 Å². The quantitative estimate of drug-likeness (QED) is 0.352. The number of para-hydroxylation sites is 1. The Bertz CT molecular complexity index is 1080. The molecule has 0 atom stereocenters. The molecule has 164 valence electrons. The van der Waals surface area contributed by atoms with Gasteiger partial charge in [0.1, 0.15) is 12.4 Å². The zero-order valence-electron chi connectivity index (χ0n) is 17.7. The highest BCUT2D eigenvalue weighted by Crippen LogP contribution is 2.18. The van der Waals surface area contributed by atoms with Crippen LogP contribution in [0.5, 0.6) is 5.75 Å². The van der Waals surface area contributed by atoms with Crippen molar-refractivity contribution in [1.82, 2.24) is 5.43 Å². The number of nitrogens with zero attached hydrogens (tertiary/aromatic N) is 1. The lowest BCUT2D eigenvalue weighted by Gasteiger charge is -2.09. The van der Waals surface area contributed by atoms with Crippen molar-refractivity contribution in [2.24, 2.45) is 5.10 Å². The predicted octanol–water partition coefficient (Wildman–Crippen LogP) is 5.10. The van der Waals surface area contributed by atoms with Gasteiger partial charge in [0.15, 0.2) is 0 Å². The zero-order valence-corrected chi connectivity index (χ0v) is 18.4. The number of amides is 2. The van der Waals surface area contributed by atoms with Crippen LogP contribution >= 0.6 is 11.6 Å². The van der Waals surface area contributed by atoms with E-state index >= 15 is 0 Å². The van der Waals surface area contributed by atoms with Crippen LogP contribution in [0.4, 0.5) is 5.69 Å². The maximum absolute atomic E-state index is 12.0. The van der Waals surface area contributed by atoms with E-state index in [2.05, 4.69) is 15.8 Å². The van der Waals surface area contributed by atoms with E-state index in [1.54, 1.807) is 0 Å². The molecule has 3 rings (SSSR count). The second-order valence-electron chi connectivity index (χ2n) is 7.16. The summed E-state index contributed by atoms with van der Waals surface area (Å²) in [5.41, 5.74) is 5.96. The number of hydrogen-bond acceptors (Lipinski definition) is 4. The molecule has 7 heteroatoms. The largest absolute Gasteiger partial charge is 0.488 e. The first-order valence-corrected chi connectivity index (χ1v) is 10.5. The monoisotopic (exact) mass is 449 g/mol. The van der Waals surface area contributed by atoms with E-state index in [1.165, 1.54) is 6.21 Å². The van der Waals surface area contributed by atoms with Gasteiger partial charge in [0.2, 0.25) is 11.8 Å². The molecule has 0 fully saturated rings. The average molecular weight is 450 g/mol. The lowest BCUT2D eigenvalue weighted by atomic mass is 10.2. The minimum Gasteiger partial charge on any atom is -0.488 e. The maximum atomic E-state index is 12.0. The maximum Gasteiger partial charge on any atom is 0.240 e. The fourth-order valence-electron chi connectivity index (χ4n) is 2.78. The number of hydrogen-bond donors (Lipinski definition) is 2. The van der Waals surface area contributed by atoms with Gasteiger partial charge in [0.05, 0.1) is 6.21 Å². The molecule has 0 saturated carbocycles. The van der Waals surface area contributed by atoms with Crippen LogP contribution in [-0.4, -0.2) is 18.0 Å². The van der Waals surface area contributed by atoms with Crippen LogP contribution in [0, 0.1) is 6.92 Å². The lowest BCUT2D eigenvalue weighted by molar-refractivity contribution is -0.124. The smallest absolute Gasteiger partial charge is 0.240 e. The van der Waals surface area contributed by atoms with Gasteiger partial charge in [-0.25, -0.2) is 5.43 Å². The summed E-state index contributed by atoms with van der Waals surface area (Å²) in [6.07, 6.45) is 1.61. The van der Waals surface area contributed by atoms with Crippen LogP contribution in [-0.2, 0) is 16.2 Å². The highest BCUT2D eigenvalue weighted by molar-refractivity contribution is 6.30. The van der Waals surface area contributed by atoms with Crippen LogP contribution < -0.4 is 15.5 Å². The van der Waals surface area contributed by atoms with E-state index in [0.717, 1.165) is 16.7 Å². The summed E-state index contributed by atoms with van der Waals surface area (Å²) in [4.78, 5) is 24.0. The Hall–Kier alpha value is -3.64. The molecule has 0 aliphatic heterocycles. The number of hydrazone groups is 1. The third-order valence-electron chi connectivity index (χ3n) is 4.53. The Morgan fingerprint density at radius 2 is 1.62 bits per heavy atom. The summed E-state index contributed by atoms with van der Waals surface area (Å²) in [7, 11) is 0. The van der Waals surface area contributed by atoms with Crippen LogP contribution in [0.2, 0.25) is 5.02 Å². The third-order valence-corrected chi connectivity index (χ3v) is 4.79. The van der Waals surface area contributed by atoms with Gasteiger partial charge in [-0.05, 0) is 48.9 Å². The number of carbonyl (C=O) groups excluding carboxylic acids is 2. The first kappa shape index (κ1) is 23.0. The number of halogens is 1. The van der Waals surface area contributed by atoms with Crippen molar-refractivity contribution >= 4 is 35.3 Å². The molecule has 3 aromatic rings. The van der Waals surface area contributed by atoms with Gasteiger partial charge >= 0.3 is 0 Å². The van der Waals surface area contributed by atoms with Crippen molar-refractivity contribution < 1.29 is 14.3 Å². The Labute approximate surface area is 192 Å². The topological polar surface area (TPSA) is 79.8 Å². The molecular weight excluding hydrogens is 426 g/mol. The van der Waals surface area contributed by atoms with Gasteiger partial charge in [-0.2, -0.15) is 5.10 Å². The molecule has 3 aromatic carbocycles. The van der Waals surface area contributed by atoms with Gasteiger partial charge in [-0.15, -0.1) is 0 Å². The fourth-order valence-corrected chi connectivity index (χ4v) is 2.90. The number of carbonyl (C=O) groups is 2. The van der Waals surface area contributed by atoms with Gasteiger partial charge in [-0.1, -0.05) is 53.6 Å². The number of ether oxygens (including phenoxy) is 1. The minimum atomic E-state index is -0.347. The Kier molecular flexibility index (Phi) is 8.40. The van der Waals surface area contributed by atoms with Gasteiger partial charge < -0.3 is 10.1 Å². The molecule has 0 saturated heterocycles. The Morgan fingerprint density at radius 3 is 2.38 bits per heavy atom. The first-order valence-electron chi connectivity index (χ1n) is 10.1. The van der Waals surface area contributed by atoms with E-state index in [-0.39, 0.29) is 24.7 Å². The number of rotatable bonds is 9. The molecule has 2 N–H and O–H groups in total. The van der Waals surface area contributed by atoms with Crippen molar-refractivity contribution in [2.75, 3.05) is 5.32 Å². The van der Waals surface area contributed by atoms with Crippen molar-refractivity contribution in [3.8, 4) is 5.75 Å². The number of anilines is 1. The van der Waals surface area contributed by atoms with Crippen LogP contribution in [0.3, 0.4) is 0 Å². The molecule has 0 aliphatic rings. The molecule has 0 aromatic heterocycles. The van der Waals surface area contributed by atoms with Crippen LogP contribution in [0.1, 0.15) is 29.5 Å². The minimum absolute atomic E-state index is 0.0315. The highest BCUT2D eigenvalue weighted by Gasteiger charge is 2.07. The van der Waals surface area contributed by atoms with Gasteiger partial charge in [0.25, 0.3) is 0 Å². The molecule has 0 spiro atoms. The van der Waals surface area contributed by atoms with E-state index in [1.807, 2.05) is 79.7 Å². The molecule has 2 amide bonds. The van der Waals surface area contributed by atoms with Gasteiger partial charge in [0, 0.05) is 29.1 Å². The molecule has 0 heterocycles. The molecule has 6 nitrogen and oxygen atoms in total. The summed E-state index contributed by atoms with van der Waals surface area (Å²) in [6, 6.07) is 22.3. The lowest BCUT2D eigenvalue weighted by Crippen LogP contribution is -2.20. The van der Waals surface area contributed by atoms with Crippen LogP contribution in [0.15, 0.2) is 77.9 Å². The van der Waals surface area contributed by atoms with Crippen molar-refractivity contribution in [3.63, 3.8) is 0 Å². The summed E-state index contributed by atoms with van der Waals surface area (Å²) < 4.78 is 5.86. The summed E-state index contributed by atoms with van der Waals surface area (Å²) >= 11 is 5.90. The highest BCUT2D eigenvalue weighted by atomic mass is 35.5. The van der Waals surface area contributed by atoms with E-state index in [4.69, 9.17) is 16.3 Å². The molecular formula is C25H24ClN3O3. The zero-order chi connectivity index (χ0) is 22.8. The second-order valence-corrected chi connectivity index (χ2v) is 7.60. The van der Waals surface area contributed by atoms with Crippen molar-refractivity contribution in [1.29, 1.82) is 0 Å². The van der Waals surface area contributed by atoms with Gasteiger partial charge in [-0.3, -0.25) is 9.59 Å². The normalized spacial score (nSPS) is 10.7.